The SMILES string of the molecule is Cc1ncc(CNc2nnc(C)c(C)c2C(N)=S)s1. The molecule has 100 valence electrons. The number of thiocarbonyl (C=S) groups is 1. The fraction of sp³-hybridized carbons (Fsp3) is 0.333. The molecule has 0 aliphatic carbocycles. The van der Waals surface area contributed by atoms with Crippen LogP contribution in [-0.2, 0) is 6.54 Å². The number of thiazole rings is 1. The lowest BCUT2D eigenvalue weighted by molar-refractivity contribution is 0.945. The van der Waals surface area contributed by atoms with E-state index in [9.17, 15) is 0 Å². The van der Waals surface area contributed by atoms with Gasteiger partial charge in [-0.15, -0.1) is 16.4 Å². The lowest BCUT2D eigenvalue weighted by atomic mass is 10.1. The zero-order chi connectivity index (χ0) is 14.0. The molecule has 0 fully saturated rings. The van der Waals surface area contributed by atoms with Gasteiger partial charge in [-0.25, -0.2) is 4.98 Å². The molecule has 19 heavy (non-hydrogen) atoms. The van der Waals surface area contributed by atoms with Gasteiger partial charge < -0.3 is 11.1 Å². The Hall–Kier alpha value is -1.60. The van der Waals surface area contributed by atoms with E-state index >= 15 is 0 Å². The van der Waals surface area contributed by atoms with Crippen molar-refractivity contribution in [2.24, 2.45) is 5.73 Å². The lowest BCUT2D eigenvalue weighted by Crippen LogP contribution is -2.17. The van der Waals surface area contributed by atoms with Crippen LogP contribution in [0.1, 0.15) is 26.7 Å². The molecule has 0 aliphatic heterocycles. The van der Waals surface area contributed by atoms with Crippen LogP contribution in [0.2, 0.25) is 0 Å². The third kappa shape index (κ3) is 3.05. The number of nitrogens with one attached hydrogen (secondary N) is 1. The number of nitrogens with two attached hydrogens (primary N) is 1. The van der Waals surface area contributed by atoms with E-state index in [1.165, 1.54) is 0 Å². The first-order chi connectivity index (χ1) is 8.99. The van der Waals surface area contributed by atoms with Crippen LogP contribution in [-0.4, -0.2) is 20.2 Å². The molecule has 2 heterocycles. The Balaban J connectivity index is 2.25. The molecule has 3 N–H and O–H groups in total. The molecule has 0 unspecified atom stereocenters. The number of nitrogens with zero attached hydrogens (tertiary/aromatic N) is 3. The lowest BCUT2D eigenvalue weighted by Gasteiger charge is -2.12. The van der Waals surface area contributed by atoms with Crippen molar-refractivity contribution < 1.29 is 0 Å². The average molecular weight is 293 g/mol. The van der Waals surface area contributed by atoms with E-state index in [0.29, 0.717) is 17.4 Å². The topological polar surface area (TPSA) is 76.7 Å². The van der Waals surface area contributed by atoms with Gasteiger partial charge in [0.1, 0.15) is 4.99 Å². The van der Waals surface area contributed by atoms with Crippen LogP contribution in [0.25, 0.3) is 0 Å². The maximum Gasteiger partial charge on any atom is 0.159 e. The van der Waals surface area contributed by atoms with Crippen molar-refractivity contribution in [3.63, 3.8) is 0 Å². The summed E-state index contributed by atoms with van der Waals surface area (Å²) in [6, 6.07) is 0. The number of aryl methyl sites for hydroxylation is 2. The second kappa shape index (κ2) is 5.58. The Labute approximate surface area is 121 Å². The van der Waals surface area contributed by atoms with Gasteiger partial charge in [-0.1, -0.05) is 12.2 Å². The molecular formula is C12H15N5S2. The summed E-state index contributed by atoms with van der Waals surface area (Å²) in [5.74, 6) is 0.627. The molecule has 0 atom stereocenters. The molecule has 0 spiro atoms. The van der Waals surface area contributed by atoms with Gasteiger partial charge in [-0.2, -0.15) is 5.10 Å². The number of hydrogen-bond donors (Lipinski definition) is 2. The minimum atomic E-state index is 0.332. The highest BCUT2D eigenvalue weighted by atomic mass is 32.1. The van der Waals surface area contributed by atoms with E-state index in [1.54, 1.807) is 11.3 Å². The molecule has 7 heteroatoms. The van der Waals surface area contributed by atoms with Crippen LogP contribution in [0.3, 0.4) is 0 Å². The van der Waals surface area contributed by atoms with Gasteiger partial charge in [0.25, 0.3) is 0 Å². The summed E-state index contributed by atoms with van der Waals surface area (Å²) in [5, 5.41) is 12.5. The van der Waals surface area contributed by atoms with Crippen LogP contribution < -0.4 is 11.1 Å². The number of aromatic nitrogens is 3. The number of anilines is 1. The molecule has 2 aromatic heterocycles. The third-order valence-corrected chi connectivity index (χ3v) is 3.92. The minimum Gasteiger partial charge on any atom is -0.389 e. The maximum atomic E-state index is 5.77. The molecule has 2 rings (SSSR count). The van der Waals surface area contributed by atoms with Crippen LogP contribution in [0.4, 0.5) is 5.82 Å². The first-order valence-electron chi connectivity index (χ1n) is 5.78. The van der Waals surface area contributed by atoms with E-state index in [2.05, 4.69) is 20.5 Å². The van der Waals surface area contributed by atoms with Gasteiger partial charge in [-0.05, 0) is 26.3 Å². The molecule has 0 radical (unpaired) electrons. The fourth-order valence-corrected chi connectivity index (χ4v) is 2.68. The molecule has 2 aromatic rings. The molecule has 5 nitrogen and oxygen atoms in total. The maximum absolute atomic E-state index is 5.77. The summed E-state index contributed by atoms with van der Waals surface area (Å²) in [4.78, 5) is 5.67. The van der Waals surface area contributed by atoms with Gasteiger partial charge in [0.15, 0.2) is 5.82 Å². The normalized spacial score (nSPS) is 10.5. The van der Waals surface area contributed by atoms with Gasteiger partial charge in [0, 0.05) is 11.1 Å². The highest BCUT2D eigenvalue weighted by molar-refractivity contribution is 7.80. The van der Waals surface area contributed by atoms with E-state index < -0.39 is 0 Å². The van der Waals surface area contributed by atoms with Gasteiger partial charge in [-0.3, -0.25) is 0 Å². The van der Waals surface area contributed by atoms with E-state index in [4.69, 9.17) is 18.0 Å². The molecule has 0 bridgehead atoms. The highest BCUT2D eigenvalue weighted by Crippen LogP contribution is 2.20. The van der Waals surface area contributed by atoms with Crippen molar-refractivity contribution in [2.45, 2.75) is 27.3 Å². The summed E-state index contributed by atoms with van der Waals surface area (Å²) >= 11 is 6.73. The first-order valence-corrected chi connectivity index (χ1v) is 7.00. The Morgan fingerprint density at radius 2 is 2.11 bits per heavy atom. The van der Waals surface area contributed by atoms with Crippen molar-refractivity contribution in [1.82, 2.24) is 15.2 Å². The summed E-state index contributed by atoms with van der Waals surface area (Å²) in [6.07, 6.45) is 1.85. The smallest absolute Gasteiger partial charge is 0.159 e. The second-order valence-electron chi connectivity index (χ2n) is 4.20. The largest absolute Gasteiger partial charge is 0.389 e. The second-order valence-corrected chi connectivity index (χ2v) is 5.96. The zero-order valence-corrected chi connectivity index (χ0v) is 12.7. The first kappa shape index (κ1) is 13.8. The third-order valence-electron chi connectivity index (χ3n) is 2.80. The molecule has 0 saturated heterocycles. The predicted octanol–water partition coefficient (Wildman–Crippen LogP) is 2.10. The van der Waals surface area contributed by atoms with E-state index in [0.717, 1.165) is 26.7 Å². The molecule has 0 amide bonds. The van der Waals surface area contributed by atoms with Crippen molar-refractivity contribution in [1.29, 1.82) is 0 Å². The van der Waals surface area contributed by atoms with Crippen molar-refractivity contribution in [2.75, 3.05) is 5.32 Å². The number of hydrogen-bond acceptors (Lipinski definition) is 6. The van der Waals surface area contributed by atoms with Crippen LogP contribution in [0.5, 0.6) is 0 Å². The van der Waals surface area contributed by atoms with E-state index in [1.807, 2.05) is 27.0 Å². The highest BCUT2D eigenvalue weighted by Gasteiger charge is 2.13. The number of rotatable bonds is 4. The van der Waals surface area contributed by atoms with Crippen LogP contribution >= 0.6 is 23.6 Å². The van der Waals surface area contributed by atoms with Crippen LogP contribution in [0, 0.1) is 20.8 Å². The Morgan fingerprint density at radius 1 is 1.37 bits per heavy atom. The van der Waals surface area contributed by atoms with Gasteiger partial charge in [0.05, 0.1) is 22.8 Å². The van der Waals surface area contributed by atoms with Gasteiger partial charge >= 0.3 is 0 Å². The van der Waals surface area contributed by atoms with Crippen molar-refractivity contribution in [3.8, 4) is 0 Å². The predicted molar refractivity (Wildman–Crippen MR) is 81.6 cm³/mol. The molecule has 0 aromatic carbocycles. The summed E-state index contributed by atoms with van der Waals surface area (Å²) in [6.45, 7) is 6.45. The monoisotopic (exact) mass is 293 g/mol. The Kier molecular flexibility index (Phi) is 4.06. The fourth-order valence-electron chi connectivity index (χ4n) is 1.69. The zero-order valence-electron chi connectivity index (χ0n) is 11.0. The Bertz CT molecular complexity index is 621. The van der Waals surface area contributed by atoms with E-state index in [-0.39, 0.29) is 0 Å². The summed E-state index contributed by atoms with van der Waals surface area (Å²) in [7, 11) is 0. The van der Waals surface area contributed by atoms with Gasteiger partial charge in [0.2, 0.25) is 0 Å². The van der Waals surface area contributed by atoms with Crippen molar-refractivity contribution in [3.05, 3.63) is 32.9 Å². The minimum absolute atomic E-state index is 0.332. The molecular weight excluding hydrogens is 278 g/mol. The molecule has 0 aliphatic rings. The summed E-state index contributed by atoms with van der Waals surface area (Å²) in [5.41, 5.74) is 8.34. The van der Waals surface area contributed by atoms with Crippen molar-refractivity contribution >= 4 is 34.4 Å². The Morgan fingerprint density at radius 3 is 2.68 bits per heavy atom. The quantitative estimate of drug-likeness (QED) is 0.841. The summed E-state index contributed by atoms with van der Waals surface area (Å²) < 4.78 is 0. The average Bonchev–Trinajstić information content (AvgIpc) is 2.76. The standard InChI is InChI=1S/C12H15N5S2/c1-6-7(2)16-17-12(10(6)11(13)18)15-5-9-4-14-8(3)19-9/h4H,5H2,1-3H3,(H2,13,18)(H,15,17). The molecule has 0 saturated carbocycles. The van der Waals surface area contributed by atoms with Crippen LogP contribution in [0.15, 0.2) is 6.20 Å².